The molecular weight excluding hydrogens is 452 g/mol. The van der Waals surface area contributed by atoms with Crippen LogP contribution < -0.4 is 4.72 Å². The van der Waals surface area contributed by atoms with Gasteiger partial charge in [-0.15, -0.1) is 4.72 Å². The van der Waals surface area contributed by atoms with Crippen molar-refractivity contribution in [3.63, 3.8) is 0 Å². The number of nitrogens with one attached hydrogen (secondary N) is 1. The summed E-state index contributed by atoms with van der Waals surface area (Å²) in [4.78, 5) is 0.242. The van der Waals surface area contributed by atoms with E-state index in [1.54, 1.807) is 36.4 Å². The number of halogens is 1. The molecule has 1 N–H and O–H groups in total. The lowest BCUT2D eigenvalue weighted by Crippen LogP contribution is -2.42. The van der Waals surface area contributed by atoms with Crippen LogP contribution in [0.3, 0.4) is 0 Å². The average molecular weight is 479 g/mol. The van der Waals surface area contributed by atoms with E-state index in [1.165, 1.54) is 3.97 Å². The van der Waals surface area contributed by atoms with Crippen molar-refractivity contribution in [3.8, 4) is 0 Å². The van der Waals surface area contributed by atoms with Crippen LogP contribution >= 0.6 is 11.6 Å². The second-order valence-corrected chi connectivity index (χ2v) is 13.3. The van der Waals surface area contributed by atoms with Crippen LogP contribution in [-0.2, 0) is 27.8 Å². The van der Waals surface area contributed by atoms with Gasteiger partial charge in [0.05, 0.1) is 16.5 Å². The van der Waals surface area contributed by atoms with Crippen LogP contribution in [0.1, 0.15) is 56.5 Å². The zero-order valence-electron chi connectivity index (χ0n) is 18.1. The fourth-order valence-electron chi connectivity index (χ4n) is 4.07. The minimum atomic E-state index is -3.82. The summed E-state index contributed by atoms with van der Waals surface area (Å²) in [6, 6.07) is 12.0. The quantitative estimate of drug-likeness (QED) is 0.518. The minimum Gasteiger partial charge on any atom is -0.598 e. The van der Waals surface area contributed by atoms with E-state index in [2.05, 4.69) is 4.72 Å². The van der Waals surface area contributed by atoms with Gasteiger partial charge in [0.2, 0.25) is 0 Å². The topological polar surface area (TPSA) is 74.2 Å². The van der Waals surface area contributed by atoms with E-state index in [4.69, 9.17) is 11.6 Å². The van der Waals surface area contributed by atoms with Crippen LogP contribution in [0.15, 0.2) is 47.4 Å². The van der Waals surface area contributed by atoms with Gasteiger partial charge in [-0.05, 0) is 71.2 Å². The van der Waals surface area contributed by atoms with Gasteiger partial charge < -0.3 is 4.55 Å². The SMILES string of the molecule is Cc1ccc(S(=O)(=O)n2c3c(c4ccc(Cl)cc42)[C@@H](N[S+]([O-])C(C)(C)C)CCC3)cc1. The van der Waals surface area contributed by atoms with E-state index >= 15 is 0 Å². The summed E-state index contributed by atoms with van der Waals surface area (Å²) in [6.45, 7) is 7.69. The number of nitrogens with zero attached hydrogens (tertiary/aromatic N) is 1. The lowest BCUT2D eigenvalue weighted by molar-refractivity contribution is 0.488. The first-order valence-electron chi connectivity index (χ1n) is 10.3. The van der Waals surface area contributed by atoms with Crippen molar-refractivity contribution in [1.82, 2.24) is 8.69 Å². The van der Waals surface area contributed by atoms with E-state index < -0.39 is 26.1 Å². The first kappa shape index (κ1) is 22.7. The fourth-order valence-corrected chi connectivity index (χ4v) is 6.66. The molecule has 5 nitrogen and oxygen atoms in total. The third-order valence-electron chi connectivity index (χ3n) is 5.64. The molecular formula is C23H27ClN2O3S2. The summed E-state index contributed by atoms with van der Waals surface area (Å²) >= 11 is 5.00. The lowest BCUT2D eigenvalue weighted by Gasteiger charge is -2.30. The molecule has 3 aromatic rings. The third-order valence-corrected chi connectivity index (χ3v) is 9.26. The molecule has 166 valence electrons. The molecule has 31 heavy (non-hydrogen) atoms. The zero-order valence-corrected chi connectivity index (χ0v) is 20.5. The number of aryl methyl sites for hydroxylation is 1. The zero-order chi connectivity index (χ0) is 22.6. The van der Waals surface area contributed by atoms with E-state index in [1.807, 2.05) is 33.8 Å². The average Bonchev–Trinajstić information content (AvgIpc) is 3.02. The highest BCUT2D eigenvalue weighted by Crippen LogP contribution is 2.41. The molecule has 0 radical (unpaired) electrons. The molecule has 0 saturated carbocycles. The van der Waals surface area contributed by atoms with Gasteiger partial charge in [-0.3, -0.25) is 0 Å². The predicted octanol–water partition coefficient (Wildman–Crippen LogP) is 5.27. The number of aromatic nitrogens is 1. The Morgan fingerprint density at radius 3 is 2.48 bits per heavy atom. The van der Waals surface area contributed by atoms with Gasteiger partial charge in [0, 0.05) is 33.0 Å². The maximum Gasteiger partial charge on any atom is 0.268 e. The van der Waals surface area contributed by atoms with Crippen LogP contribution in [0.2, 0.25) is 5.02 Å². The molecule has 1 aliphatic rings. The van der Waals surface area contributed by atoms with Gasteiger partial charge >= 0.3 is 0 Å². The van der Waals surface area contributed by atoms with Crippen LogP contribution in [-0.4, -0.2) is 21.7 Å². The van der Waals surface area contributed by atoms with Gasteiger partial charge in [0.1, 0.15) is 4.75 Å². The highest BCUT2D eigenvalue weighted by atomic mass is 35.5. The number of hydrogen-bond acceptors (Lipinski definition) is 4. The molecule has 0 fully saturated rings. The molecule has 0 spiro atoms. The van der Waals surface area contributed by atoms with E-state index in [-0.39, 0.29) is 10.9 Å². The minimum absolute atomic E-state index is 0.193. The Morgan fingerprint density at radius 1 is 1.16 bits per heavy atom. The molecule has 0 bridgehead atoms. The van der Waals surface area contributed by atoms with Gasteiger partial charge in [0.15, 0.2) is 0 Å². The molecule has 0 aliphatic heterocycles. The molecule has 4 rings (SSSR count). The Balaban J connectivity index is 1.94. The normalized spacial score (nSPS) is 18.2. The van der Waals surface area contributed by atoms with Gasteiger partial charge in [0.25, 0.3) is 10.0 Å². The van der Waals surface area contributed by atoms with Crippen molar-refractivity contribution in [2.75, 3.05) is 0 Å². The van der Waals surface area contributed by atoms with Crippen molar-refractivity contribution in [2.45, 2.75) is 62.6 Å². The van der Waals surface area contributed by atoms with Crippen molar-refractivity contribution in [2.24, 2.45) is 0 Å². The Kier molecular flexibility index (Phi) is 5.94. The Morgan fingerprint density at radius 2 is 1.84 bits per heavy atom. The van der Waals surface area contributed by atoms with Crippen molar-refractivity contribution < 1.29 is 13.0 Å². The maximum atomic E-state index is 13.7. The standard InChI is InChI=1S/C23H27ClN2O3S2/c1-15-8-11-17(12-9-15)31(28,29)26-20-7-5-6-19(25-30(27)23(2,3)4)22(20)18-13-10-16(24)14-21(18)26/h8-14,19,25H,5-7H2,1-4H3/t19-,30?/m0/s1. The second-order valence-electron chi connectivity index (χ2n) is 9.05. The molecule has 2 aromatic carbocycles. The van der Waals surface area contributed by atoms with Gasteiger partial charge in [-0.2, -0.15) is 0 Å². The third kappa shape index (κ3) is 4.14. The summed E-state index contributed by atoms with van der Waals surface area (Å²) in [5, 5.41) is 1.31. The molecule has 0 amide bonds. The van der Waals surface area contributed by atoms with Gasteiger partial charge in [-0.1, -0.05) is 35.4 Å². The number of rotatable bonds is 4. The number of hydrogen-bond donors (Lipinski definition) is 1. The van der Waals surface area contributed by atoms with Crippen LogP contribution in [0.4, 0.5) is 0 Å². The summed E-state index contributed by atoms with van der Waals surface area (Å²) < 4.78 is 44.6. The van der Waals surface area contributed by atoms with Crippen molar-refractivity contribution >= 4 is 43.9 Å². The predicted molar refractivity (Wildman–Crippen MR) is 127 cm³/mol. The maximum absolute atomic E-state index is 13.7. The van der Waals surface area contributed by atoms with Crippen LogP contribution in [0.5, 0.6) is 0 Å². The molecule has 1 unspecified atom stereocenters. The smallest absolute Gasteiger partial charge is 0.268 e. The molecule has 1 heterocycles. The summed E-state index contributed by atoms with van der Waals surface area (Å²) in [6.07, 6.45) is 2.23. The highest BCUT2D eigenvalue weighted by Gasteiger charge is 2.36. The van der Waals surface area contributed by atoms with Gasteiger partial charge in [-0.25, -0.2) is 12.4 Å². The van der Waals surface area contributed by atoms with E-state index in [9.17, 15) is 13.0 Å². The Labute approximate surface area is 192 Å². The lowest BCUT2D eigenvalue weighted by atomic mass is 9.91. The van der Waals surface area contributed by atoms with Crippen LogP contribution in [0, 0.1) is 6.92 Å². The van der Waals surface area contributed by atoms with Crippen molar-refractivity contribution in [1.29, 1.82) is 0 Å². The summed E-state index contributed by atoms with van der Waals surface area (Å²) in [5.74, 6) is 0. The molecule has 2 atom stereocenters. The Bertz CT molecular complexity index is 1230. The monoisotopic (exact) mass is 478 g/mol. The van der Waals surface area contributed by atoms with Crippen molar-refractivity contribution in [3.05, 3.63) is 64.3 Å². The fraction of sp³-hybridized carbons (Fsp3) is 0.391. The first-order valence-corrected chi connectivity index (χ1v) is 13.3. The van der Waals surface area contributed by atoms with Crippen LogP contribution in [0.25, 0.3) is 10.9 Å². The molecule has 1 aromatic heterocycles. The Hall–Kier alpha value is -1.51. The second kappa shape index (κ2) is 8.12. The summed E-state index contributed by atoms with van der Waals surface area (Å²) in [7, 11) is -3.82. The molecule has 8 heteroatoms. The number of benzene rings is 2. The highest BCUT2D eigenvalue weighted by molar-refractivity contribution is 7.91. The largest absolute Gasteiger partial charge is 0.598 e. The molecule has 0 saturated heterocycles. The molecule has 1 aliphatic carbocycles. The van der Waals surface area contributed by atoms with E-state index in [0.717, 1.165) is 35.0 Å². The summed E-state index contributed by atoms with van der Waals surface area (Å²) in [5.41, 5.74) is 3.21. The number of fused-ring (bicyclic) bond motifs is 3. The first-order chi connectivity index (χ1) is 14.5. The van der Waals surface area contributed by atoms with E-state index in [0.29, 0.717) is 17.0 Å².